The third kappa shape index (κ3) is 2.31. The second kappa shape index (κ2) is 4.67. The number of rotatable bonds is 4. The Kier molecular flexibility index (Phi) is 3.40. The van der Waals surface area contributed by atoms with Gasteiger partial charge < -0.3 is 9.84 Å². The number of aliphatic carboxylic acids is 1. The van der Waals surface area contributed by atoms with Crippen LogP contribution >= 0.6 is 11.6 Å². The van der Waals surface area contributed by atoms with Gasteiger partial charge in [0, 0.05) is 16.9 Å². The fourth-order valence-corrected chi connectivity index (χ4v) is 2.42. The zero-order chi connectivity index (χ0) is 12.5. The summed E-state index contributed by atoms with van der Waals surface area (Å²) in [6.45, 7) is 3.14. The molecule has 1 aliphatic heterocycles. The van der Waals surface area contributed by atoms with Gasteiger partial charge in [-0.2, -0.15) is 0 Å². The Bertz CT molecular complexity index is 409. The highest BCUT2D eigenvalue weighted by molar-refractivity contribution is 6.30. The van der Waals surface area contributed by atoms with Crippen molar-refractivity contribution in [3.63, 3.8) is 0 Å². The van der Waals surface area contributed by atoms with Crippen molar-refractivity contribution in [1.82, 2.24) is 0 Å². The summed E-state index contributed by atoms with van der Waals surface area (Å²) >= 11 is 5.86. The zero-order valence-corrected chi connectivity index (χ0v) is 10.4. The lowest BCUT2D eigenvalue weighted by Crippen LogP contribution is -2.52. The van der Waals surface area contributed by atoms with Gasteiger partial charge in [-0.3, -0.25) is 4.79 Å². The van der Waals surface area contributed by atoms with Crippen LogP contribution in [0.4, 0.5) is 0 Å². The second-order valence-corrected chi connectivity index (χ2v) is 5.09. The minimum absolute atomic E-state index is 0.0509. The first kappa shape index (κ1) is 12.4. The van der Waals surface area contributed by atoms with E-state index in [0.717, 1.165) is 5.56 Å². The largest absolute Gasteiger partial charge is 0.481 e. The van der Waals surface area contributed by atoms with E-state index in [1.807, 2.05) is 31.2 Å². The van der Waals surface area contributed by atoms with Crippen LogP contribution in [0, 0.1) is 5.92 Å². The van der Waals surface area contributed by atoms with Crippen LogP contribution in [0.3, 0.4) is 0 Å². The summed E-state index contributed by atoms with van der Waals surface area (Å²) in [5, 5.41) is 9.59. The van der Waals surface area contributed by atoms with Gasteiger partial charge in [-0.15, -0.1) is 0 Å². The highest BCUT2D eigenvalue weighted by Gasteiger charge is 2.45. The van der Waals surface area contributed by atoms with E-state index >= 15 is 0 Å². The van der Waals surface area contributed by atoms with E-state index < -0.39 is 5.97 Å². The molecule has 0 aliphatic carbocycles. The van der Waals surface area contributed by atoms with E-state index in [0.29, 0.717) is 18.2 Å². The Labute approximate surface area is 105 Å². The van der Waals surface area contributed by atoms with E-state index in [9.17, 15) is 4.79 Å². The van der Waals surface area contributed by atoms with E-state index in [2.05, 4.69) is 0 Å². The molecule has 0 bridgehead atoms. The summed E-state index contributed by atoms with van der Waals surface area (Å²) in [5.41, 5.74) is 0.949. The third-order valence-corrected chi connectivity index (χ3v) is 3.81. The lowest BCUT2D eigenvalue weighted by Gasteiger charge is -2.46. The average Bonchev–Trinajstić information content (AvgIpc) is 2.18. The van der Waals surface area contributed by atoms with Crippen LogP contribution in [-0.2, 0) is 14.9 Å². The number of halogens is 1. The SMILES string of the molecule is CC(CC(=O)O)C1(c2ccc(Cl)cc2)COC1. The normalized spacial score (nSPS) is 19.4. The number of hydrogen-bond donors (Lipinski definition) is 1. The molecule has 1 N–H and O–H groups in total. The van der Waals surface area contributed by atoms with Gasteiger partial charge in [-0.25, -0.2) is 0 Å². The molecular weight excluding hydrogens is 240 g/mol. The lowest BCUT2D eigenvalue weighted by molar-refractivity contribution is -0.142. The summed E-state index contributed by atoms with van der Waals surface area (Å²) in [6.07, 6.45) is 0.159. The molecule has 1 aromatic carbocycles. The minimum atomic E-state index is -0.766. The molecule has 1 unspecified atom stereocenters. The quantitative estimate of drug-likeness (QED) is 0.899. The van der Waals surface area contributed by atoms with Crippen molar-refractivity contribution in [2.45, 2.75) is 18.8 Å². The van der Waals surface area contributed by atoms with Crippen LogP contribution in [0.5, 0.6) is 0 Å². The molecule has 1 heterocycles. The molecule has 0 saturated carbocycles. The topological polar surface area (TPSA) is 46.5 Å². The molecule has 0 amide bonds. The number of carboxylic acid groups (broad SMARTS) is 1. The third-order valence-electron chi connectivity index (χ3n) is 3.56. The highest BCUT2D eigenvalue weighted by atomic mass is 35.5. The molecule has 4 heteroatoms. The number of hydrogen-bond acceptors (Lipinski definition) is 2. The number of carbonyl (C=O) groups is 1. The Morgan fingerprint density at radius 1 is 1.47 bits per heavy atom. The Hall–Kier alpha value is -1.06. The molecule has 17 heavy (non-hydrogen) atoms. The summed E-state index contributed by atoms with van der Waals surface area (Å²) < 4.78 is 5.30. The molecule has 0 radical (unpaired) electrons. The van der Waals surface area contributed by atoms with Crippen molar-refractivity contribution in [2.24, 2.45) is 5.92 Å². The first-order chi connectivity index (χ1) is 8.04. The van der Waals surface area contributed by atoms with Crippen molar-refractivity contribution in [1.29, 1.82) is 0 Å². The lowest BCUT2D eigenvalue weighted by atomic mass is 9.68. The summed E-state index contributed by atoms with van der Waals surface area (Å²) in [7, 11) is 0. The van der Waals surface area contributed by atoms with Crippen molar-refractivity contribution < 1.29 is 14.6 Å². The maximum absolute atomic E-state index is 10.8. The predicted octanol–water partition coefficient (Wildman–Crippen LogP) is 2.72. The van der Waals surface area contributed by atoms with Crippen LogP contribution in [0.15, 0.2) is 24.3 Å². The number of carboxylic acids is 1. The van der Waals surface area contributed by atoms with Crippen LogP contribution < -0.4 is 0 Å². The van der Waals surface area contributed by atoms with Crippen molar-refractivity contribution >= 4 is 17.6 Å². The Morgan fingerprint density at radius 2 is 2.06 bits per heavy atom. The van der Waals surface area contributed by atoms with Crippen LogP contribution in [0.25, 0.3) is 0 Å². The molecule has 1 aliphatic rings. The van der Waals surface area contributed by atoms with E-state index in [-0.39, 0.29) is 17.8 Å². The maximum Gasteiger partial charge on any atom is 0.303 e. The zero-order valence-electron chi connectivity index (χ0n) is 9.65. The molecule has 92 valence electrons. The fourth-order valence-electron chi connectivity index (χ4n) is 2.30. The second-order valence-electron chi connectivity index (χ2n) is 4.65. The van der Waals surface area contributed by atoms with Gasteiger partial charge in [-0.05, 0) is 23.6 Å². The van der Waals surface area contributed by atoms with Crippen LogP contribution in [-0.4, -0.2) is 24.3 Å². The molecule has 1 atom stereocenters. The predicted molar refractivity (Wildman–Crippen MR) is 65.4 cm³/mol. The monoisotopic (exact) mass is 254 g/mol. The molecule has 2 rings (SSSR count). The summed E-state index contributed by atoms with van der Waals surface area (Å²) in [4.78, 5) is 10.8. The summed E-state index contributed by atoms with van der Waals surface area (Å²) in [5.74, 6) is -0.715. The fraction of sp³-hybridized carbons (Fsp3) is 0.462. The number of ether oxygens (including phenoxy) is 1. The summed E-state index contributed by atoms with van der Waals surface area (Å²) in [6, 6.07) is 7.60. The number of benzene rings is 1. The first-order valence-corrected chi connectivity index (χ1v) is 5.98. The van der Waals surface area contributed by atoms with Crippen molar-refractivity contribution in [2.75, 3.05) is 13.2 Å². The van der Waals surface area contributed by atoms with Gasteiger partial charge >= 0.3 is 5.97 Å². The van der Waals surface area contributed by atoms with Crippen molar-refractivity contribution in [3.8, 4) is 0 Å². The van der Waals surface area contributed by atoms with Crippen LogP contribution in [0.1, 0.15) is 18.9 Å². The molecule has 0 spiro atoms. The van der Waals surface area contributed by atoms with Gasteiger partial charge in [0.1, 0.15) is 0 Å². The Balaban J connectivity index is 2.24. The molecule has 0 aromatic heterocycles. The molecule has 3 nitrogen and oxygen atoms in total. The molecule has 1 saturated heterocycles. The van der Waals surface area contributed by atoms with E-state index in [4.69, 9.17) is 21.4 Å². The van der Waals surface area contributed by atoms with Gasteiger partial charge in [0.15, 0.2) is 0 Å². The average molecular weight is 255 g/mol. The Morgan fingerprint density at radius 3 is 2.47 bits per heavy atom. The van der Waals surface area contributed by atoms with Gasteiger partial charge in [0.2, 0.25) is 0 Å². The highest BCUT2D eigenvalue weighted by Crippen LogP contribution is 2.41. The van der Waals surface area contributed by atoms with Gasteiger partial charge in [-0.1, -0.05) is 30.7 Å². The standard InChI is InChI=1S/C13H15ClO3/c1-9(6-12(15)16)13(7-17-8-13)10-2-4-11(14)5-3-10/h2-5,9H,6-8H2,1H3,(H,15,16). The van der Waals surface area contributed by atoms with Crippen molar-refractivity contribution in [3.05, 3.63) is 34.9 Å². The van der Waals surface area contributed by atoms with Gasteiger partial charge in [0.05, 0.1) is 13.2 Å². The minimum Gasteiger partial charge on any atom is -0.481 e. The van der Waals surface area contributed by atoms with Crippen LogP contribution in [0.2, 0.25) is 5.02 Å². The molecule has 1 fully saturated rings. The van der Waals surface area contributed by atoms with Gasteiger partial charge in [0.25, 0.3) is 0 Å². The smallest absolute Gasteiger partial charge is 0.303 e. The molecule has 1 aromatic rings. The first-order valence-electron chi connectivity index (χ1n) is 5.60. The maximum atomic E-state index is 10.8. The van der Waals surface area contributed by atoms with E-state index in [1.54, 1.807) is 0 Å². The molecular formula is C13H15ClO3. The van der Waals surface area contributed by atoms with E-state index in [1.165, 1.54) is 0 Å².